The van der Waals surface area contributed by atoms with Crippen LogP contribution in [-0.2, 0) is 0 Å². The summed E-state index contributed by atoms with van der Waals surface area (Å²) in [6.45, 7) is 2.08. The fraction of sp³-hybridized carbons (Fsp3) is 0.0526. The molecule has 0 aromatic heterocycles. The Morgan fingerprint density at radius 2 is 1.22 bits per heavy atom. The van der Waals surface area contributed by atoms with E-state index in [0.717, 1.165) is 0 Å². The van der Waals surface area contributed by atoms with Gasteiger partial charge >= 0.3 is 140 Å². The second-order valence-corrected chi connectivity index (χ2v) is 9.94. The van der Waals surface area contributed by atoms with Crippen LogP contribution in [0.15, 0.2) is 78.9 Å². The first kappa shape index (κ1) is 15.5. The zero-order valence-corrected chi connectivity index (χ0v) is 14.6. The first-order valence-corrected chi connectivity index (χ1v) is 10.1. The molecule has 114 valence electrons. The summed E-state index contributed by atoms with van der Waals surface area (Å²) in [5.41, 5.74) is 1.37. The average molecular weight is 365 g/mol. The van der Waals surface area contributed by atoms with E-state index in [2.05, 4.69) is 55.5 Å². The van der Waals surface area contributed by atoms with Gasteiger partial charge in [0.2, 0.25) is 0 Å². The van der Waals surface area contributed by atoms with Crippen LogP contribution in [0.3, 0.4) is 0 Å². The molecule has 23 heavy (non-hydrogen) atoms. The summed E-state index contributed by atoms with van der Waals surface area (Å²) in [5.74, 6) is 0. The Morgan fingerprint density at radius 1 is 0.739 bits per heavy atom. The second-order valence-electron chi connectivity index (χ2n) is 5.28. The van der Waals surface area contributed by atoms with Crippen LogP contribution < -0.4 is 13.1 Å². The van der Waals surface area contributed by atoms with E-state index in [1.807, 2.05) is 18.2 Å². The third kappa shape index (κ3) is 3.52. The van der Waals surface area contributed by atoms with E-state index in [9.17, 15) is 10.1 Å². The zero-order chi connectivity index (χ0) is 16.2. The number of benzene rings is 3. The Labute approximate surface area is 140 Å². The molecule has 0 aliphatic rings. The van der Waals surface area contributed by atoms with Gasteiger partial charge in [0.15, 0.2) is 0 Å². The minimum absolute atomic E-state index is 0.139. The standard InChI is InChI=1S/C19H16AsNO2/c1-15-7-9-17(10-8-15)20(16-5-3-2-4-6-16)18-11-13-19(14-12-18)21(22)23/h2-14H,1H3. The molecule has 0 radical (unpaired) electrons. The Kier molecular flexibility index (Phi) is 4.59. The third-order valence-electron chi connectivity index (χ3n) is 3.63. The molecule has 3 aromatic carbocycles. The summed E-state index contributed by atoms with van der Waals surface area (Å²) in [6, 6.07) is 26.1. The summed E-state index contributed by atoms with van der Waals surface area (Å²) >= 11 is -1.69. The van der Waals surface area contributed by atoms with Crippen molar-refractivity contribution in [1.29, 1.82) is 0 Å². The molecule has 1 unspecified atom stereocenters. The van der Waals surface area contributed by atoms with Gasteiger partial charge in [-0.15, -0.1) is 0 Å². The van der Waals surface area contributed by atoms with Gasteiger partial charge in [0.05, 0.1) is 0 Å². The van der Waals surface area contributed by atoms with E-state index in [4.69, 9.17) is 0 Å². The monoisotopic (exact) mass is 365 g/mol. The van der Waals surface area contributed by atoms with Gasteiger partial charge in [-0.25, -0.2) is 0 Å². The van der Waals surface area contributed by atoms with E-state index in [-0.39, 0.29) is 10.6 Å². The number of rotatable bonds is 4. The van der Waals surface area contributed by atoms with Gasteiger partial charge in [-0.2, -0.15) is 0 Å². The van der Waals surface area contributed by atoms with Crippen molar-refractivity contribution < 1.29 is 4.92 Å². The number of nitro groups is 1. The molecular formula is C19H16AsNO2. The maximum absolute atomic E-state index is 10.9. The molecule has 0 saturated heterocycles. The summed E-state index contributed by atoms with van der Waals surface area (Å²) in [5, 5.41) is 10.9. The fourth-order valence-electron chi connectivity index (χ4n) is 2.44. The van der Waals surface area contributed by atoms with Crippen molar-refractivity contribution in [2.45, 2.75) is 6.92 Å². The van der Waals surface area contributed by atoms with Crippen LogP contribution in [0, 0.1) is 17.0 Å². The van der Waals surface area contributed by atoms with Gasteiger partial charge in [0.25, 0.3) is 0 Å². The zero-order valence-electron chi connectivity index (χ0n) is 12.7. The fourth-order valence-corrected chi connectivity index (χ4v) is 7.18. The Morgan fingerprint density at radius 3 is 1.74 bits per heavy atom. The molecule has 0 amide bonds. The number of hydrogen-bond donors (Lipinski definition) is 0. The molecule has 4 heteroatoms. The van der Waals surface area contributed by atoms with Crippen LogP contribution in [0.2, 0.25) is 0 Å². The summed E-state index contributed by atoms with van der Waals surface area (Å²) < 4.78 is 3.83. The van der Waals surface area contributed by atoms with Crippen molar-refractivity contribution in [2.24, 2.45) is 0 Å². The molecule has 1 atom stereocenters. The molecule has 0 N–H and O–H groups in total. The van der Waals surface area contributed by atoms with E-state index in [1.165, 1.54) is 18.6 Å². The second kappa shape index (κ2) is 6.80. The van der Waals surface area contributed by atoms with Crippen molar-refractivity contribution in [3.05, 3.63) is 94.5 Å². The predicted molar refractivity (Wildman–Crippen MR) is 95.4 cm³/mol. The number of non-ortho nitro benzene ring substituents is 1. The quantitative estimate of drug-likeness (QED) is 0.405. The van der Waals surface area contributed by atoms with Gasteiger partial charge in [-0.1, -0.05) is 0 Å². The van der Waals surface area contributed by atoms with E-state index < -0.39 is 14.7 Å². The number of hydrogen-bond acceptors (Lipinski definition) is 2. The molecule has 0 aliphatic carbocycles. The number of nitrogens with zero attached hydrogens (tertiary/aromatic N) is 1. The van der Waals surface area contributed by atoms with E-state index in [1.54, 1.807) is 12.1 Å². The van der Waals surface area contributed by atoms with E-state index >= 15 is 0 Å². The Balaban J connectivity index is 2.08. The third-order valence-corrected chi connectivity index (χ3v) is 8.75. The predicted octanol–water partition coefficient (Wildman–Crippen LogP) is 2.42. The van der Waals surface area contributed by atoms with Gasteiger partial charge in [0, 0.05) is 0 Å². The molecule has 0 bridgehead atoms. The molecular weight excluding hydrogens is 349 g/mol. The van der Waals surface area contributed by atoms with Crippen molar-refractivity contribution in [1.82, 2.24) is 0 Å². The molecule has 0 aliphatic heterocycles. The van der Waals surface area contributed by atoms with Crippen LogP contribution in [0.1, 0.15) is 5.56 Å². The van der Waals surface area contributed by atoms with Crippen molar-refractivity contribution >= 4 is 33.4 Å². The Bertz CT molecular complexity index is 799. The van der Waals surface area contributed by atoms with Crippen molar-refractivity contribution in [3.63, 3.8) is 0 Å². The topological polar surface area (TPSA) is 43.1 Å². The Hall–Kier alpha value is -2.38. The first-order chi connectivity index (χ1) is 11.1. The van der Waals surface area contributed by atoms with Gasteiger partial charge in [0.1, 0.15) is 0 Å². The number of aryl methyl sites for hydroxylation is 1. The normalized spacial score (nSPS) is 11.9. The first-order valence-electron chi connectivity index (χ1n) is 7.31. The van der Waals surface area contributed by atoms with Crippen LogP contribution in [0.4, 0.5) is 5.69 Å². The summed E-state index contributed by atoms with van der Waals surface area (Å²) in [7, 11) is 0. The SMILES string of the molecule is Cc1ccc([As](c2ccccc2)c2ccc([N+](=O)[O-])cc2)cc1. The van der Waals surface area contributed by atoms with Crippen LogP contribution in [0.25, 0.3) is 0 Å². The number of nitro benzene ring substituents is 1. The van der Waals surface area contributed by atoms with E-state index in [0.29, 0.717) is 0 Å². The molecule has 3 aromatic rings. The minimum atomic E-state index is -1.69. The summed E-state index contributed by atoms with van der Waals surface area (Å²) in [4.78, 5) is 10.5. The van der Waals surface area contributed by atoms with Crippen molar-refractivity contribution in [2.75, 3.05) is 0 Å². The molecule has 3 nitrogen and oxygen atoms in total. The van der Waals surface area contributed by atoms with Crippen LogP contribution in [0.5, 0.6) is 0 Å². The average Bonchev–Trinajstić information content (AvgIpc) is 2.58. The summed E-state index contributed by atoms with van der Waals surface area (Å²) in [6.07, 6.45) is 0. The molecule has 0 heterocycles. The molecule has 0 saturated carbocycles. The van der Waals surface area contributed by atoms with Gasteiger partial charge in [-0.3, -0.25) is 0 Å². The molecule has 0 fully saturated rings. The molecule has 0 spiro atoms. The maximum atomic E-state index is 10.9. The van der Waals surface area contributed by atoms with Crippen LogP contribution >= 0.6 is 0 Å². The van der Waals surface area contributed by atoms with Gasteiger partial charge in [-0.05, 0) is 0 Å². The van der Waals surface area contributed by atoms with Crippen molar-refractivity contribution in [3.8, 4) is 0 Å². The van der Waals surface area contributed by atoms with Crippen LogP contribution in [-0.4, -0.2) is 19.6 Å². The molecule has 3 rings (SSSR count). The van der Waals surface area contributed by atoms with Gasteiger partial charge < -0.3 is 0 Å².